The molecular formula is C43H46Cl2N6O2. The third-order valence-electron chi connectivity index (χ3n) is 10.6. The first-order chi connectivity index (χ1) is 25.8. The van der Waals surface area contributed by atoms with E-state index in [0.29, 0.717) is 33.2 Å². The van der Waals surface area contributed by atoms with Gasteiger partial charge in [0.15, 0.2) is 0 Å². The van der Waals surface area contributed by atoms with Crippen molar-refractivity contribution in [1.29, 1.82) is 0 Å². The van der Waals surface area contributed by atoms with Crippen molar-refractivity contribution >= 4 is 51.4 Å². The molecule has 2 atom stereocenters. The minimum atomic E-state index is -0.277. The Kier molecular flexibility index (Phi) is 11.1. The summed E-state index contributed by atoms with van der Waals surface area (Å²) in [5.41, 5.74) is 7.15. The van der Waals surface area contributed by atoms with Gasteiger partial charge in [-0.1, -0.05) is 92.0 Å². The first-order valence-corrected chi connectivity index (χ1v) is 19.2. The molecule has 53 heavy (non-hydrogen) atoms. The number of carbonyl (C=O) groups excluding carboxylic acids is 1. The number of carbonyl (C=O) groups is 1. The molecule has 0 bridgehead atoms. The van der Waals surface area contributed by atoms with Gasteiger partial charge in [0.1, 0.15) is 11.4 Å². The molecule has 1 saturated heterocycles. The molecular weight excluding hydrogens is 703 g/mol. The van der Waals surface area contributed by atoms with Crippen molar-refractivity contribution in [3.8, 4) is 28.3 Å². The van der Waals surface area contributed by atoms with Crippen LogP contribution in [0.25, 0.3) is 33.4 Å². The number of imidazole rings is 1. The molecule has 1 aliphatic rings. The topological polar surface area (TPSA) is 78.4 Å². The van der Waals surface area contributed by atoms with Gasteiger partial charge < -0.3 is 24.5 Å². The Morgan fingerprint density at radius 2 is 1.66 bits per heavy atom. The summed E-state index contributed by atoms with van der Waals surface area (Å²) in [6.07, 6.45) is 5.40. The first kappa shape index (κ1) is 36.6. The maximum absolute atomic E-state index is 14.8. The van der Waals surface area contributed by atoms with Crippen LogP contribution in [0.5, 0.6) is 5.75 Å². The summed E-state index contributed by atoms with van der Waals surface area (Å²) < 4.78 is 7.79. The van der Waals surface area contributed by atoms with E-state index in [9.17, 15) is 4.79 Å². The highest BCUT2D eigenvalue weighted by Gasteiger charge is 2.29. The molecule has 2 N–H and O–H groups in total. The highest BCUT2D eigenvalue weighted by molar-refractivity contribution is 6.31. The fraction of sp³-hybridized carbons (Fsp3) is 0.302. The fourth-order valence-electron chi connectivity index (χ4n) is 7.71. The average molecular weight is 750 g/mol. The molecule has 274 valence electrons. The van der Waals surface area contributed by atoms with E-state index >= 15 is 0 Å². The molecule has 7 rings (SSSR count). The highest BCUT2D eigenvalue weighted by atomic mass is 35.5. The van der Waals surface area contributed by atoms with Gasteiger partial charge in [0.25, 0.3) is 5.91 Å². The van der Waals surface area contributed by atoms with Crippen molar-refractivity contribution in [2.75, 3.05) is 43.5 Å². The number of aromatic amines is 1. The lowest BCUT2D eigenvalue weighted by molar-refractivity contribution is 0.102. The number of H-pyrrole nitrogens is 1. The Balaban J connectivity index is 1.32. The number of nitrogens with one attached hydrogen (secondary N) is 2. The summed E-state index contributed by atoms with van der Waals surface area (Å²) in [6.45, 7) is 10.4. The molecule has 0 spiro atoms. The van der Waals surface area contributed by atoms with Gasteiger partial charge in [0.05, 0.1) is 42.2 Å². The van der Waals surface area contributed by atoms with Crippen molar-refractivity contribution in [3.63, 3.8) is 0 Å². The number of piperazine rings is 1. The Labute approximate surface area is 321 Å². The lowest BCUT2D eigenvalue weighted by Crippen LogP contribution is -2.50. The maximum Gasteiger partial charge on any atom is 0.272 e. The highest BCUT2D eigenvalue weighted by Crippen LogP contribution is 2.42. The molecule has 1 fully saturated rings. The van der Waals surface area contributed by atoms with E-state index in [1.54, 1.807) is 7.11 Å². The van der Waals surface area contributed by atoms with E-state index in [-0.39, 0.29) is 11.9 Å². The molecule has 4 aromatic carbocycles. The quantitative estimate of drug-likeness (QED) is 0.130. The smallest absolute Gasteiger partial charge is 0.272 e. The van der Waals surface area contributed by atoms with E-state index < -0.39 is 0 Å². The standard InChI is InChI=1S/C43H46Cl2N6O2/c1-5-10-33(6-2)49-21-23-50(24-22-49)38-20-18-34(53-4)26-37(38)48-43(52)41-39(35-19-17-32(45)25-36(35)47-41)42-40(30-11-8-7-9-12-30)46-27-51(42)28(3)29-13-15-31(44)16-14-29/h7-9,11-20,25-28,33,47H,5-6,10,21-24H2,1-4H3,(H,48,52). The average Bonchev–Trinajstić information content (AvgIpc) is 3.79. The van der Waals surface area contributed by atoms with Crippen LogP contribution in [0.15, 0.2) is 97.3 Å². The number of hydrogen-bond acceptors (Lipinski definition) is 5. The third kappa shape index (κ3) is 7.54. The molecule has 0 radical (unpaired) electrons. The van der Waals surface area contributed by atoms with Gasteiger partial charge in [-0.25, -0.2) is 4.98 Å². The third-order valence-corrected chi connectivity index (χ3v) is 11.0. The number of benzene rings is 4. The van der Waals surface area contributed by atoms with Crippen molar-refractivity contribution < 1.29 is 9.53 Å². The maximum atomic E-state index is 14.8. The lowest BCUT2D eigenvalue weighted by Gasteiger charge is -2.40. The molecule has 1 aliphatic heterocycles. The van der Waals surface area contributed by atoms with Gasteiger partial charge >= 0.3 is 0 Å². The molecule has 2 unspecified atom stereocenters. The predicted octanol–water partition coefficient (Wildman–Crippen LogP) is 10.6. The number of halogens is 2. The van der Waals surface area contributed by atoms with Gasteiger partial charge in [-0.2, -0.15) is 0 Å². The van der Waals surface area contributed by atoms with E-state index in [4.69, 9.17) is 32.9 Å². The first-order valence-electron chi connectivity index (χ1n) is 18.5. The van der Waals surface area contributed by atoms with Crippen molar-refractivity contribution in [1.82, 2.24) is 19.4 Å². The van der Waals surface area contributed by atoms with Gasteiger partial charge in [-0.05, 0) is 61.7 Å². The Hall–Kier alpha value is -4.76. The van der Waals surface area contributed by atoms with Crippen LogP contribution >= 0.6 is 23.2 Å². The minimum absolute atomic E-state index is 0.131. The van der Waals surface area contributed by atoms with Crippen LogP contribution in [0.2, 0.25) is 10.0 Å². The van der Waals surface area contributed by atoms with Crippen LogP contribution in [-0.2, 0) is 0 Å². The number of ether oxygens (including phenoxy) is 1. The van der Waals surface area contributed by atoms with E-state index in [0.717, 1.165) is 77.3 Å². The summed E-state index contributed by atoms with van der Waals surface area (Å²) in [5.74, 6) is 0.391. The van der Waals surface area contributed by atoms with Crippen molar-refractivity contribution in [3.05, 3.63) is 119 Å². The van der Waals surface area contributed by atoms with Crippen LogP contribution in [0, 0.1) is 0 Å². The monoisotopic (exact) mass is 748 g/mol. The molecule has 0 saturated carbocycles. The number of methoxy groups -OCH3 is 1. The van der Waals surface area contributed by atoms with Gasteiger partial charge in [0.2, 0.25) is 0 Å². The second-order valence-electron chi connectivity index (χ2n) is 13.7. The Morgan fingerprint density at radius 3 is 2.36 bits per heavy atom. The predicted molar refractivity (Wildman–Crippen MR) is 219 cm³/mol. The molecule has 0 aliphatic carbocycles. The molecule has 8 nitrogen and oxygen atoms in total. The number of fused-ring (bicyclic) bond motifs is 1. The molecule has 2 aromatic heterocycles. The van der Waals surface area contributed by atoms with Crippen LogP contribution in [0.1, 0.15) is 62.1 Å². The van der Waals surface area contributed by atoms with Crippen LogP contribution in [0.3, 0.4) is 0 Å². The second-order valence-corrected chi connectivity index (χ2v) is 14.6. The minimum Gasteiger partial charge on any atom is -0.497 e. The van der Waals surface area contributed by atoms with Gasteiger partial charge in [-0.3, -0.25) is 9.69 Å². The normalized spacial score (nSPS) is 14.7. The number of rotatable bonds is 12. The van der Waals surface area contributed by atoms with Crippen LogP contribution in [-0.4, -0.2) is 64.7 Å². The largest absolute Gasteiger partial charge is 0.497 e. The molecule has 1 amide bonds. The molecule has 3 heterocycles. The molecule has 10 heteroatoms. The summed E-state index contributed by atoms with van der Waals surface area (Å²) in [6, 6.07) is 30.0. The van der Waals surface area contributed by atoms with Crippen LogP contribution in [0.4, 0.5) is 11.4 Å². The zero-order valence-electron chi connectivity index (χ0n) is 30.7. The lowest BCUT2D eigenvalue weighted by atomic mass is 9.99. The van der Waals surface area contributed by atoms with Gasteiger partial charge in [0, 0.05) is 70.4 Å². The van der Waals surface area contributed by atoms with E-state index in [1.165, 1.54) is 12.8 Å². The summed E-state index contributed by atoms with van der Waals surface area (Å²) in [5, 5.41) is 5.41. The number of anilines is 2. The van der Waals surface area contributed by atoms with E-state index in [2.05, 4.69) is 51.5 Å². The fourth-order valence-corrected chi connectivity index (χ4v) is 8.00. The molecule has 6 aromatic rings. The number of amides is 1. The number of aromatic nitrogens is 3. The van der Waals surface area contributed by atoms with Crippen molar-refractivity contribution in [2.45, 2.75) is 52.1 Å². The summed E-state index contributed by atoms with van der Waals surface area (Å²) >= 11 is 12.8. The van der Waals surface area contributed by atoms with Gasteiger partial charge in [-0.15, -0.1) is 0 Å². The number of hydrogen-bond donors (Lipinski definition) is 2. The summed E-state index contributed by atoms with van der Waals surface area (Å²) in [7, 11) is 1.64. The Bertz CT molecular complexity index is 2190. The SMILES string of the molecule is CCCC(CC)N1CCN(c2ccc(OC)cc2NC(=O)c2[nH]c3cc(Cl)ccc3c2-c2c(-c3ccccc3)ncn2C(C)c2ccc(Cl)cc2)CC1. The zero-order chi connectivity index (χ0) is 37.1. The summed E-state index contributed by atoms with van der Waals surface area (Å²) in [4.78, 5) is 28.3. The van der Waals surface area contributed by atoms with Crippen molar-refractivity contribution in [2.24, 2.45) is 0 Å². The zero-order valence-corrected chi connectivity index (χ0v) is 32.2. The second kappa shape index (κ2) is 16.1. The van der Waals surface area contributed by atoms with Crippen LogP contribution < -0.4 is 15.0 Å². The Morgan fingerprint density at radius 1 is 0.925 bits per heavy atom. The van der Waals surface area contributed by atoms with E-state index in [1.807, 2.05) is 91.3 Å². The number of nitrogens with zero attached hydrogens (tertiary/aromatic N) is 4.